The van der Waals surface area contributed by atoms with Gasteiger partial charge in [0.05, 0.1) is 6.33 Å². The number of nitrogens with zero attached hydrogens (tertiary/aromatic N) is 4. The molecule has 3 unspecified atom stereocenters. The lowest BCUT2D eigenvalue weighted by Gasteiger charge is -2.19. The molecule has 33 heavy (non-hydrogen) atoms. The number of aliphatic hydroxyl groups is 2. The first-order valence-electron chi connectivity index (χ1n) is 10.2. The molecule has 7 N–H and O–H groups in total. The summed E-state index contributed by atoms with van der Waals surface area (Å²) in [5.74, 6) is -0.826. The second kappa shape index (κ2) is 9.46. The molecule has 0 amide bonds. The van der Waals surface area contributed by atoms with Gasteiger partial charge in [0.25, 0.3) is 7.52 Å². The molecule has 5 atom stereocenters. The number of anilines is 1. The molecule has 0 bridgehead atoms. The van der Waals surface area contributed by atoms with Crippen LogP contribution in [0.15, 0.2) is 6.33 Å². The highest BCUT2D eigenvalue weighted by atomic mass is 35.5. The normalized spacial score (nSPS) is 28.4. The molecule has 1 saturated carbocycles. The predicted molar refractivity (Wildman–Crippen MR) is 117 cm³/mol. The van der Waals surface area contributed by atoms with E-state index in [1.165, 1.54) is 10.9 Å². The van der Waals surface area contributed by atoms with E-state index in [4.69, 9.17) is 26.1 Å². The van der Waals surface area contributed by atoms with E-state index in [0.29, 0.717) is 11.3 Å². The van der Waals surface area contributed by atoms with Crippen molar-refractivity contribution in [2.45, 2.75) is 56.3 Å². The van der Waals surface area contributed by atoms with E-state index >= 15 is 0 Å². The van der Waals surface area contributed by atoms with Crippen LogP contribution in [0, 0.1) is 0 Å². The van der Waals surface area contributed by atoms with Crippen molar-refractivity contribution in [2.24, 2.45) is 0 Å². The Kier molecular flexibility index (Phi) is 7.15. The molecule has 0 aromatic carbocycles. The average molecular weight is 527 g/mol. The van der Waals surface area contributed by atoms with Gasteiger partial charge in [0.1, 0.15) is 24.2 Å². The number of hydrogen-bond donors (Lipinski definition) is 7. The quantitative estimate of drug-likeness (QED) is 0.183. The fourth-order valence-electron chi connectivity index (χ4n) is 4.10. The molecule has 17 heteroatoms. The third-order valence-electron chi connectivity index (χ3n) is 5.62. The fraction of sp³-hybridized carbons (Fsp3) is 0.688. The molecule has 1 aliphatic heterocycles. The lowest BCUT2D eigenvalue weighted by Crippen LogP contribution is -2.37. The second-order valence-corrected chi connectivity index (χ2v) is 12.7. The van der Waals surface area contributed by atoms with Gasteiger partial charge < -0.3 is 34.9 Å². The van der Waals surface area contributed by atoms with Gasteiger partial charge in [0.2, 0.25) is 5.28 Å². The molecule has 4 rings (SSSR count). The van der Waals surface area contributed by atoms with Gasteiger partial charge >= 0.3 is 7.60 Å². The number of aromatic nitrogens is 4. The SMILES string of the molecule is O=P(O)(O)CP(=O)(O)NC[C@H]1O[C@@H](n2cnc3c(NC4CCCC4)nc(Cl)nc32)C(O)C1O. The van der Waals surface area contributed by atoms with Crippen LogP contribution in [0.3, 0.4) is 0 Å². The number of fused-ring (bicyclic) bond motifs is 1. The number of hydrogen-bond acceptors (Lipinski definition) is 9. The molecule has 0 radical (unpaired) electrons. The minimum absolute atomic E-state index is 0.0466. The third-order valence-corrected chi connectivity index (χ3v) is 9.47. The van der Waals surface area contributed by atoms with Crippen molar-refractivity contribution in [1.82, 2.24) is 24.6 Å². The van der Waals surface area contributed by atoms with Crippen LogP contribution >= 0.6 is 26.7 Å². The molecule has 0 spiro atoms. The summed E-state index contributed by atoms with van der Waals surface area (Å²) in [6, 6.07) is 0.234. The third kappa shape index (κ3) is 5.73. The molecule has 1 saturated heterocycles. The lowest BCUT2D eigenvalue weighted by atomic mass is 10.1. The van der Waals surface area contributed by atoms with Crippen LogP contribution in [-0.2, 0) is 13.9 Å². The molecule has 2 fully saturated rings. The monoisotopic (exact) mass is 526 g/mol. The Labute approximate surface area is 193 Å². The highest BCUT2D eigenvalue weighted by Crippen LogP contribution is 2.52. The first kappa shape index (κ1) is 24.9. The minimum atomic E-state index is -4.75. The van der Waals surface area contributed by atoms with Crippen molar-refractivity contribution in [3.63, 3.8) is 0 Å². The summed E-state index contributed by atoms with van der Waals surface area (Å²) in [4.78, 5) is 40.3. The molecule has 184 valence electrons. The van der Waals surface area contributed by atoms with Crippen LogP contribution in [0.25, 0.3) is 11.2 Å². The van der Waals surface area contributed by atoms with E-state index in [9.17, 15) is 24.2 Å². The molecule has 3 heterocycles. The zero-order valence-corrected chi connectivity index (χ0v) is 19.8. The smallest absolute Gasteiger partial charge is 0.336 e. The Morgan fingerprint density at radius 2 is 1.85 bits per heavy atom. The van der Waals surface area contributed by atoms with Gasteiger partial charge in [-0.25, -0.2) is 10.1 Å². The molecule has 2 aromatic rings. The Morgan fingerprint density at radius 3 is 2.52 bits per heavy atom. The van der Waals surface area contributed by atoms with Crippen LogP contribution in [0.4, 0.5) is 5.82 Å². The Bertz CT molecular complexity index is 1110. The number of ether oxygens (including phenoxy) is 1. The predicted octanol–water partition coefficient (Wildman–Crippen LogP) is 0.364. The molecular weight excluding hydrogens is 502 g/mol. The molecular formula is C16H25ClN6O8P2. The molecule has 1 aliphatic carbocycles. The van der Waals surface area contributed by atoms with Gasteiger partial charge in [-0.05, 0) is 24.4 Å². The van der Waals surface area contributed by atoms with Gasteiger partial charge in [-0.2, -0.15) is 9.97 Å². The van der Waals surface area contributed by atoms with E-state index in [2.05, 4.69) is 25.4 Å². The summed E-state index contributed by atoms with van der Waals surface area (Å²) in [7, 11) is -9.16. The summed E-state index contributed by atoms with van der Waals surface area (Å²) < 4.78 is 30.1. The highest BCUT2D eigenvalue weighted by molar-refractivity contribution is 7.71. The maximum absolute atomic E-state index is 12.0. The molecule has 14 nitrogen and oxygen atoms in total. The van der Waals surface area contributed by atoms with Crippen LogP contribution in [0.1, 0.15) is 31.9 Å². The van der Waals surface area contributed by atoms with E-state index in [0.717, 1.165) is 25.7 Å². The topological polar surface area (TPSA) is 212 Å². The van der Waals surface area contributed by atoms with E-state index in [1.54, 1.807) is 0 Å². The maximum Gasteiger partial charge on any atom is 0.336 e. The Balaban J connectivity index is 1.53. The Hall–Kier alpha value is -1.18. The van der Waals surface area contributed by atoms with Gasteiger partial charge in [0, 0.05) is 12.6 Å². The number of rotatable bonds is 8. The van der Waals surface area contributed by atoms with Crippen molar-refractivity contribution in [3.8, 4) is 0 Å². The van der Waals surface area contributed by atoms with E-state index < -0.39 is 52.1 Å². The van der Waals surface area contributed by atoms with E-state index in [1.807, 2.05) is 0 Å². The standard InChI is InChI=1S/C16H25ClN6O8P2/c17-16-21-13(20-8-3-1-2-4-8)10-14(22-16)23(6-18-10)15-12(25)11(24)9(31-15)5-19-32(26,27)7-33(28,29)30/h6,8-9,11-12,15,24-25H,1-5,7H2,(H2,19,26,27)(H,20,21,22)(H2,28,29,30)/t9-,11?,12?,15-/m1/s1. The largest absolute Gasteiger partial charge is 0.387 e. The summed E-state index contributed by atoms with van der Waals surface area (Å²) in [6.07, 6.45) is 0.332. The summed E-state index contributed by atoms with van der Waals surface area (Å²) in [5, 5.41) is 26.3. The van der Waals surface area contributed by atoms with Crippen molar-refractivity contribution < 1.29 is 38.8 Å². The van der Waals surface area contributed by atoms with Crippen LogP contribution in [-0.4, -0.2) is 81.2 Å². The van der Waals surface area contributed by atoms with Gasteiger partial charge in [-0.3, -0.25) is 13.7 Å². The van der Waals surface area contributed by atoms with Crippen molar-refractivity contribution in [3.05, 3.63) is 11.6 Å². The van der Waals surface area contributed by atoms with Gasteiger partial charge in [-0.15, -0.1) is 0 Å². The zero-order valence-electron chi connectivity index (χ0n) is 17.2. The number of halogens is 1. The van der Waals surface area contributed by atoms with Crippen molar-refractivity contribution in [2.75, 3.05) is 17.8 Å². The fourth-order valence-corrected chi connectivity index (χ4v) is 7.13. The molecule has 2 aliphatic rings. The number of imidazole rings is 1. The van der Waals surface area contributed by atoms with E-state index in [-0.39, 0.29) is 17.0 Å². The first-order valence-corrected chi connectivity index (χ1v) is 14.3. The number of aliphatic hydroxyl groups excluding tert-OH is 2. The highest BCUT2D eigenvalue weighted by Gasteiger charge is 2.45. The van der Waals surface area contributed by atoms with Crippen molar-refractivity contribution >= 4 is 43.7 Å². The molecule has 2 aromatic heterocycles. The first-order chi connectivity index (χ1) is 15.4. The van der Waals surface area contributed by atoms with Gasteiger partial charge in [-0.1, -0.05) is 12.8 Å². The minimum Gasteiger partial charge on any atom is -0.387 e. The average Bonchev–Trinajstić information content (AvgIpc) is 3.40. The Morgan fingerprint density at radius 1 is 1.15 bits per heavy atom. The van der Waals surface area contributed by atoms with Gasteiger partial charge in [0.15, 0.2) is 23.2 Å². The van der Waals surface area contributed by atoms with Crippen LogP contribution < -0.4 is 10.4 Å². The second-order valence-electron chi connectivity index (χ2n) is 8.21. The maximum atomic E-state index is 12.0. The van der Waals surface area contributed by atoms with Crippen LogP contribution in [0.2, 0.25) is 5.28 Å². The zero-order chi connectivity index (χ0) is 24.0. The van der Waals surface area contributed by atoms with Crippen molar-refractivity contribution in [1.29, 1.82) is 0 Å². The lowest BCUT2D eigenvalue weighted by molar-refractivity contribution is -0.0331. The number of nitrogens with one attached hydrogen (secondary N) is 2. The van der Waals surface area contributed by atoms with Crippen LogP contribution in [0.5, 0.6) is 0 Å². The summed E-state index contributed by atoms with van der Waals surface area (Å²) in [6.45, 7) is -0.445. The summed E-state index contributed by atoms with van der Waals surface area (Å²) >= 11 is 6.10. The summed E-state index contributed by atoms with van der Waals surface area (Å²) in [5.41, 5.74) is 0.661.